The van der Waals surface area contributed by atoms with Crippen LogP contribution in [0, 0.1) is 0 Å². The average molecular weight is 542 g/mol. The Morgan fingerprint density at radius 3 is 2.72 bits per heavy atom. The van der Waals surface area contributed by atoms with Crippen LogP contribution in [0.3, 0.4) is 0 Å². The zero-order chi connectivity index (χ0) is 26.9. The van der Waals surface area contributed by atoms with Crippen LogP contribution >= 0.6 is 0 Å². The standard InChI is InChI=1S/C26H29F2N7O4/c27-23(28)24-30-17-4-1-2-6-19(17)35(24)20-14-22(32-26(31-20)33-10-12-38-13-11-33)39-16-8-9-34(15-16)25(37)18-5-3-7-21(36)29-18/h1-2,4,6,14,16,18,23H,3,5,7-13,15H2,(H,29,36)/t16-,18?/m0/s1. The summed E-state index contributed by atoms with van der Waals surface area (Å²) in [5, 5.41) is 2.78. The molecule has 3 fully saturated rings. The summed E-state index contributed by atoms with van der Waals surface area (Å²) >= 11 is 0. The third-order valence-corrected chi connectivity index (χ3v) is 7.26. The molecule has 2 aromatic heterocycles. The van der Waals surface area contributed by atoms with Gasteiger partial charge in [-0.15, -0.1) is 0 Å². The number of rotatable bonds is 6. The van der Waals surface area contributed by atoms with E-state index in [4.69, 9.17) is 9.47 Å². The predicted octanol–water partition coefficient (Wildman–Crippen LogP) is 2.24. The van der Waals surface area contributed by atoms with Gasteiger partial charge in [-0.05, 0) is 25.0 Å². The first-order valence-electron chi connectivity index (χ1n) is 13.2. The molecule has 1 N–H and O–H groups in total. The lowest BCUT2D eigenvalue weighted by molar-refractivity contribution is -0.137. The monoisotopic (exact) mass is 541 g/mol. The first-order valence-corrected chi connectivity index (χ1v) is 13.2. The fourth-order valence-electron chi connectivity index (χ4n) is 5.32. The Bertz CT molecular complexity index is 1380. The van der Waals surface area contributed by atoms with Crippen LogP contribution in [0.1, 0.15) is 37.9 Å². The number of carbonyl (C=O) groups is 2. The largest absolute Gasteiger partial charge is 0.472 e. The number of ether oxygens (including phenoxy) is 2. The number of nitrogens with one attached hydrogen (secondary N) is 1. The molecule has 0 aliphatic carbocycles. The molecule has 3 aliphatic heterocycles. The molecule has 0 radical (unpaired) electrons. The summed E-state index contributed by atoms with van der Waals surface area (Å²) in [5.74, 6) is 0.163. The Balaban J connectivity index is 1.29. The minimum atomic E-state index is -2.82. The second-order valence-electron chi connectivity index (χ2n) is 9.88. The van der Waals surface area contributed by atoms with Gasteiger partial charge in [0.15, 0.2) is 5.82 Å². The van der Waals surface area contributed by atoms with Crippen molar-refractivity contribution in [3.63, 3.8) is 0 Å². The molecule has 1 aromatic carbocycles. The van der Waals surface area contributed by atoms with Crippen molar-refractivity contribution in [1.82, 2.24) is 29.7 Å². The quantitative estimate of drug-likeness (QED) is 0.506. The molecule has 11 nitrogen and oxygen atoms in total. The zero-order valence-electron chi connectivity index (χ0n) is 21.3. The van der Waals surface area contributed by atoms with Crippen molar-refractivity contribution in [2.45, 2.75) is 44.3 Å². The number of nitrogens with zero attached hydrogens (tertiary/aromatic N) is 6. The lowest BCUT2D eigenvalue weighted by atomic mass is 10.0. The highest BCUT2D eigenvalue weighted by molar-refractivity contribution is 5.88. The van der Waals surface area contributed by atoms with E-state index in [1.165, 1.54) is 10.6 Å². The summed E-state index contributed by atoms with van der Waals surface area (Å²) in [5.41, 5.74) is 0.930. The van der Waals surface area contributed by atoms with E-state index >= 15 is 0 Å². The van der Waals surface area contributed by atoms with Crippen LogP contribution in [-0.4, -0.2) is 87.8 Å². The van der Waals surface area contributed by atoms with Gasteiger partial charge in [-0.3, -0.25) is 14.2 Å². The van der Waals surface area contributed by atoms with Crippen molar-refractivity contribution in [3.05, 3.63) is 36.2 Å². The Morgan fingerprint density at radius 2 is 1.92 bits per heavy atom. The van der Waals surface area contributed by atoms with Gasteiger partial charge in [0.25, 0.3) is 6.43 Å². The molecule has 2 atom stereocenters. The molecule has 13 heteroatoms. The van der Waals surface area contributed by atoms with E-state index < -0.39 is 18.3 Å². The summed E-state index contributed by atoms with van der Waals surface area (Å²) in [7, 11) is 0. The normalized spacial score (nSPS) is 22.0. The number of hydrogen-bond donors (Lipinski definition) is 1. The van der Waals surface area contributed by atoms with Gasteiger partial charge in [0, 0.05) is 38.5 Å². The smallest absolute Gasteiger partial charge is 0.296 e. The molecule has 0 bridgehead atoms. The van der Waals surface area contributed by atoms with Crippen molar-refractivity contribution in [2.75, 3.05) is 44.3 Å². The maximum atomic E-state index is 14.1. The molecule has 1 unspecified atom stereocenters. The Hall–Kier alpha value is -3.87. The van der Waals surface area contributed by atoms with Gasteiger partial charge in [-0.2, -0.15) is 9.97 Å². The number of piperidine rings is 1. The molecule has 2 amide bonds. The highest BCUT2D eigenvalue weighted by Gasteiger charge is 2.34. The lowest BCUT2D eigenvalue weighted by Crippen LogP contribution is -2.50. The van der Waals surface area contributed by atoms with E-state index in [0.717, 1.165) is 0 Å². The van der Waals surface area contributed by atoms with E-state index in [2.05, 4.69) is 20.3 Å². The third-order valence-electron chi connectivity index (χ3n) is 7.26. The zero-order valence-corrected chi connectivity index (χ0v) is 21.3. The van der Waals surface area contributed by atoms with Crippen LogP contribution in [-0.2, 0) is 14.3 Å². The molecular weight excluding hydrogens is 512 g/mol. The number of fused-ring (bicyclic) bond motifs is 1. The summed E-state index contributed by atoms with van der Waals surface area (Å²) < 4.78 is 41.2. The minimum Gasteiger partial charge on any atom is -0.472 e. The van der Waals surface area contributed by atoms with E-state index in [1.54, 1.807) is 29.2 Å². The number of para-hydroxylation sites is 2. The topological polar surface area (TPSA) is 115 Å². The van der Waals surface area contributed by atoms with Crippen LogP contribution in [0.15, 0.2) is 30.3 Å². The van der Waals surface area contributed by atoms with E-state index in [9.17, 15) is 18.4 Å². The molecule has 3 aliphatic rings. The maximum absolute atomic E-state index is 14.1. The summed E-state index contributed by atoms with van der Waals surface area (Å²) in [6.07, 6.45) is -0.837. The van der Waals surface area contributed by atoms with Gasteiger partial charge in [0.1, 0.15) is 18.0 Å². The van der Waals surface area contributed by atoms with Crippen molar-refractivity contribution < 1.29 is 27.8 Å². The van der Waals surface area contributed by atoms with Crippen molar-refractivity contribution in [1.29, 1.82) is 0 Å². The number of halogens is 2. The molecule has 3 aromatic rings. The number of morpholine rings is 1. The third kappa shape index (κ3) is 5.22. The number of carbonyl (C=O) groups excluding carboxylic acids is 2. The number of alkyl halides is 2. The minimum absolute atomic E-state index is 0.106. The SMILES string of the molecule is O=C1CCCC(C(=O)N2CC[C@H](Oc3cc(-n4c(C(F)F)nc5ccccc54)nc(N4CCOCC4)n3)C2)N1. The fourth-order valence-corrected chi connectivity index (χ4v) is 5.32. The van der Waals surface area contributed by atoms with E-state index in [-0.39, 0.29) is 29.6 Å². The van der Waals surface area contributed by atoms with Crippen LogP contribution in [0.25, 0.3) is 16.9 Å². The molecule has 6 rings (SSSR count). The predicted molar refractivity (Wildman–Crippen MR) is 136 cm³/mol. The van der Waals surface area contributed by atoms with Crippen LogP contribution in [0.2, 0.25) is 0 Å². The second-order valence-corrected chi connectivity index (χ2v) is 9.88. The van der Waals surface area contributed by atoms with Crippen LogP contribution in [0.5, 0.6) is 5.88 Å². The Morgan fingerprint density at radius 1 is 1.10 bits per heavy atom. The Labute approximate surface area is 223 Å². The number of likely N-dealkylation sites (tertiary alicyclic amines) is 1. The van der Waals surface area contributed by atoms with E-state index in [0.29, 0.717) is 82.1 Å². The van der Waals surface area contributed by atoms with Gasteiger partial charge in [-0.25, -0.2) is 13.8 Å². The molecule has 5 heterocycles. The van der Waals surface area contributed by atoms with Crippen molar-refractivity contribution in [3.8, 4) is 11.7 Å². The average Bonchev–Trinajstić information content (AvgIpc) is 3.58. The van der Waals surface area contributed by atoms with Gasteiger partial charge in [0.2, 0.25) is 23.6 Å². The Kier molecular flexibility index (Phi) is 6.98. The molecule has 0 saturated carbocycles. The number of anilines is 1. The lowest BCUT2D eigenvalue weighted by Gasteiger charge is -2.28. The summed E-state index contributed by atoms with van der Waals surface area (Å²) in [4.78, 5) is 41.7. The summed E-state index contributed by atoms with van der Waals surface area (Å²) in [6, 6.07) is 7.93. The second kappa shape index (κ2) is 10.7. The number of aromatic nitrogens is 4. The highest BCUT2D eigenvalue weighted by Crippen LogP contribution is 2.30. The molecule has 39 heavy (non-hydrogen) atoms. The van der Waals surface area contributed by atoms with Crippen molar-refractivity contribution >= 4 is 28.8 Å². The van der Waals surface area contributed by atoms with Gasteiger partial charge in [0.05, 0.1) is 30.8 Å². The molecular formula is C26H29F2N7O4. The number of hydrogen-bond acceptors (Lipinski definition) is 8. The molecule has 3 saturated heterocycles. The first kappa shape index (κ1) is 25.4. The maximum Gasteiger partial charge on any atom is 0.296 e. The molecule has 206 valence electrons. The first-order chi connectivity index (χ1) is 19.0. The number of amides is 2. The van der Waals surface area contributed by atoms with Crippen molar-refractivity contribution in [2.24, 2.45) is 0 Å². The number of benzene rings is 1. The summed E-state index contributed by atoms with van der Waals surface area (Å²) in [6.45, 7) is 2.93. The van der Waals surface area contributed by atoms with Crippen LogP contribution in [0.4, 0.5) is 14.7 Å². The van der Waals surface area contributed by atoms with Gasteiger partial charge >= 0.3 is 0 Å². The number of imidazole rings is 1. The van der Waals surface area contributed by atoms with Crippen LogP contribution < -0.4 is 15.0 Å². The molecule has 0 spiro atoms. The van der Waals surface area contributed by atoms with Gasteiger partial charge < -0.3 is 24.6 Å². The van der Waals surface area contributed by atoms with E-state index in [1.807, 2.05) is 4.90 Å². The highest BCUT2D eigenvalue weighted by atomic mass is 19.3. The fraction of sp³-hybridized carbons (Fsp3) is 0.500. The van der Waals surface area contributed by atoms with Gasteiger partial charge in [-0.1, -0.05) is 12.1 Å².